The number of furan rings is 1. The molecule has 1 aromatic carbocycles. The highest BCUT2D eigenvalue weighted by Crippen LogP contribution is 2.35. The molecule has 0 saturated heterocycles. The minimum Gasteiger partial charge on any atom is -0.440 e. The van der Waals surface area contributed by atoms with E-state index in [2.05, 4.69) is 66.4 Å². The van der Waals surface area contributed by atoms with Crippen LogP contribution in [-0.4, -0.2) is 19.6 Å². The zero-order valence-electron chi connectivity index (χ0n) is 13.7. The lowest BCUT2D eigenvalue weighted by Crippen LogP contribution is -2.37. The first kappa shape index (κ1) is 14.3. The normalized spacial score (nSPS) is 13.9. The quantitative estimate of drug-likeness (QED) is 0.708. The van der Waals surface area contributed by atoms with Gasteiger partial charge in [0, 0.05) is 29.3 Å². The molecule has 116 valence electrons. The van der Waals surface area contributed by atoms with Crippen LogP contribution in [0.2, 0.25) is 19.6 Å². The maximum absolute atomic E-state index is 5.87. The summed E-state index contributed by atoms with van der Waals surface area (Å²) in [7, 11) is -1.30. The van der Waals surface area contributed by atoms with Crippen molar-refractivity contribution in [3.63, 3.8) is 0 Å². The van der Waals surface area contributed by atoms with E-state index in [1.807, 2.05) is 12.3 Å². The third kappa shape index (κ3) is 2.49. The average Bonchev–Trinajstić information content (AvgIpc) is 2.92. The van der Waals surface area contributed by atoms with Gasteiger partial charge in [-0.05, 0) is 29.5 Å². The van der Waals surface area contributed by atoms with E-state index < -0.39 is 8.07 Å². The molecule has 0 fully saturated rings. The molecular formula is C19H20N2OSi. The van der Waals surface area contributed by atoms with Crippen molar-refractivity contribution in [1.29, 1.82) is 0 Å². The van der Waals surface area contributed by atoms with Gasteiger partial charge in [-0.15, -0.1) is 0 Å². The highest BCUT2D eigenvalue weighted by molar-refractivity contribution is 6.88. The average molecular weight is 320 g/mol. The second-order valence-corrected chi connectivity index (χ2v) is 12.1. The maximum atomic E-state index is 5.87. The summed E-state index contributed by atoms with van der Waals surface area (Å²) < 4.78 is 5.87. The van der Waals surface area contributed by atoms with E-state index in [-0.39, 0.29) is 0 Å². The van der Waals surface area contributed by atoms with Crippen molar-refractivity contribution in [1.82, 2.24) is 4.98 Å². The fourth-order valence-electron chi connectivity index (χ4n) is 2.91. The van der Waals surface area contributed by atoms with E-state index in [1.165, 1.54) is 5.19 Å². The molecule has 4 rings (SSSR count). The SMILES string of the molecule is C[Si](C)(C)c1ccc(-c2ccc3oc4c(c3c2)C=CCN4)nc1. The monoisotopic (exact) mass is 320 g/mol. The number of hydrogen-bond donors (Lipinski definition) is 1. The van der Waals surface area contributed by atoms with Gasteiger partial charge in [-0.1, -0.05) is 37.9 Å². The molecule has 0 unspecified atom stereocenters. The number of nitrogens with one attached hydrogen (secondary N) is 1. The van der Waals surface area contributed by atoms with Gasteiger partial charge in [0.15, 0.2) is 0 Å². The highest BCUT2D eigenvalue weighted by Gasteiger charge is 2.17. The molecule has 2 aromatic heterocycles. The number of fused-ring (bicyclic) bond motifs is 3. The number of nitrogens with zero attached hydrogens (tertiary/aromatic N) is 1. The van der Waals surface area contributed by atoms with Gasteiger partial charge >= 0.3 is 0 Å². The molecule has 4 heteroatoms. The Morgan fingerprint density at radius 3 is 2.74 bits per heavy atom. The van der Waals surface area contributed by atoms with Crippen molar-refractivity contribution in [3.8, 4) is 11.3 Å². The third-order valence-electron chi connectivity index (χ3n) is 4.32. The second kappa shape index (κ2) is 5.10. The topological polar surface area (TPSA) is 38.1 Å². The van der Waals surface area contributed by atoms with E-state index in [9.17, 15) is 0 Å². The molecule has 3 aromatic rings. The molecule has 0 spiro atoms. The van der Waals surface area contributed by atoms with Gasteiger partial charge in [0.25, 0.3) is 0 Å². The molecule has 0 radical (unpaired) electrons. The molecule has 1 aliphatic heterocycles. The summed E-state index contributed by atoms with van der Waals surface area (Å²) in [6.07, 6.45) is 6.28. The number of benzene rings is 1. The molecule has 0 bridgehead atoms. The van der Waals surface area contributed by atoms with Crippen LogP contribution in [0.25, 0.3) is 28.3 Å². The molecule has 0 amide bonds. The number of rotatable bonds is 2. The van der Waals surface area contributed by atoms with Gasteiger partial charge in [0.1, 0.15) is 5.58 Å². The van der Waals surface area contributed by atoms with Gasteiger partial charge < -0.3 is 9.73 Å². The zero-order valence-corrected chi connectivity index (χ0v) is 14.7. The van der Waals surface area contributed by atoms with Crippen molar-refractivity contribution < 1.29 is 4.42 Å². The van der Waals surface area contributed by atoms with E-state index in [1.54, 1.807) is 0 Å². The molecule has 0 saturated carbocycles. The van der Waals surface area contributed by atoms with Crippen molar-refractivity contribution in [2.45, 2.75) is 19.6 Å². The van der Waals surface area contributed by atoms with Crippen LogP contribution in [0, 0.1) is 0 Å². The zero-order chi connectivity index (χ0) is 16.0. The van der Waals surface area contributed by atoms with Gasteiger partial charge in [-0.3, -0.25) is 4.98 Å². The molecule has 1 N–H and O–H groups in total. The van der Waals surface area contributed by atoms with Crippen LogP contribution in [0.3, 0.4) is 0 Å². The summed E-state index contributed by atoms with van der Waals surface area (Å²) in [5, 5.41) is 5.79. The molecule has 23 heavy (non-hydrogen) atoms. The fraction of sp³-hybridized carbons (Fsp3) is 0.211. The van der Waals surface area contributed by atoms with E-state index in [4.69, 9.17) is 4.42 Å². The Balaban J connectivity index is 1.79. The van der Waals surface area contributed by atoms with Crippen LogP contribution in [-0.2, 0) is 0 Å². The Morgan fingerprint density at radius 2 is 2.00 bits per heavy atom. The summed E-state index contributed by atoms with van der Waals surface area (Å²) in [6.45, 7) is 7.84. The van der Waals surface area contributed by atoms with Crippen molar-refractivity contribution in [2.24, 2.45) is 0 Å². The number of anilines is 1. The molecule has 0 atom stereocenters. The molecule has 0 aliphatic carbocycles. The number of hydrogen-bond acceptors (Lipinski definition) is 3. The molecule has 3 nitrogen and oxygen atoms in total. The Kier molecular flexibility index (Phi) is 3.16. The lowest BCUT2D eigenvalue weighted by molar-refractivity contribution is 0.628. The molecular weight excluding hydrogens is 300 g/mol. The number of pyridine rings is 1. The van der Waals surface area contributed by atoms with Crippen LogP contribution in [0.4, 0.5) is 5.88 Å². The molecule has 1 aliphatic rings. The van der Waals surface area contributed by atoms with Crippen molar-refractivity contribution in [3.05, 3.63) is 48.2 Å². The maximum Gasteiger partial charge on any atom is 0.201 e. The van der Waals surface area contributed by atoms with Gasteiger partial charge in [-0.2, -0.15) is 0 Å². The van der Waals surface area contributed by atoms with Crippen LogP contribution in [0.5, 0.6) is 0 Å². The summed E-state index contributed by atoms with van der Waals surface area (Å²) in [6, 6.07) is 10.6. The van der Waals surface area contributed by atoms with Crippen molar-refractivity contribution in [2.75, 3.05) is 11.9 Å². The minimum absolute atomic E-state index is 0.819. The standard InChI is InChI=1S/C19H20N2OSi/c1-23(2,3)14-7-8-17(21-12-14)13-6-9-18-16(11-13)15-5-4-10-20-19(15)22-18/h4-9,11-12,20H,10H2,1-3H3. The Morgan fingerprint density at radius 1 is 1.13 bits per heavy atom. The van der Waals surface area contributed by atoms with Crippen LogP contribution in [0.15, 0.2) is 47.0 Å². The predicted octanol–water partition coefficient (Wildman–Crippen LogP) is 4.48. The van der Waals surface area contributed by atoms with E-state index in [0.717, 1.165) is 40.2 Å². The van der Waals surface area contributed by atoms with Crippen molar-refractivity contribution >= 4 is 36.2 Å². The summed E-state index contributed by atoms with van der Waals surface area (Å²) >= 11 is 0. The highest BCUT2D eigenvalue weighted by atomic mass is 28.3. The lowest BCUT2D eigenvalue weighted by Gasteiger charge is -2.16. The van der Waals surface area contributed by atoms with Crippen LogP contribution in [0.1, 0.15) is 5.56 Å². The fourth-order valence-corrected chi connectivity index (χ4v) is 3.94. The van der Waals surface area contributed by atoms with E-state index >= 15 is 0 Å². The Labute approximate surface area is 137 Å². The first-order valence-corrected chi connectivity index (χ1v) is 11.5. The first-order chi connectivity index (χ1) is 11.0. The first-order valence-electron chi connectivity index (χ1n) is 7.96. The predicted molar refractivity (Wildman–Crippen MR) is 99.9 cm³/mol. The lowest BCUT2D eigenvalue weighted by atomic mass is 10.1. The van der Waals surface area contributed by atoms with Crippen LogP contribution < -0.4 is 10.5 Å². The largest absolute Gasteiger partial charge is 0.440 e. The van der Waals surface area contributed by atoms with Gasteiger partial charge in [-0.25, -0.2) is 0 Å². The Hall–Kier alpha value is -2.33. The summed E-state index contributed by atoms with van der Waals surface area (Å²) in [5.41, 5.74) is 4.18. The van der Waals surface area contributed by atoms with Gasteiger partial charge in [0.05, 0.1) is 13.8 Å². The second-order valence-electron chi connectivity index (χ2n) is 7.02. The smallest absolute Gasteiger partial charge is 0.201 e. The van der Waals surface area contributed by atoms with E-state index in [0.29, 0.717) is 0 Å². The minimum atomic E-state index is -1.30. The molecule has 3 heterocycles. The Bertz CT molecular complexity index is 902. The summed E-state index contributed by atoms with van der Waals surface area (Å²) in [5.74, 6) is 0.863. The third-order valence-corrected chi connectivity index (χ3v) is 6.34. The van der Waals surface area contributed by atoms with Crippen LogP contribution >= 0.6 is 0 Å². The number of aromatic nitrogens is 1. The van der Waals surface area contributed by atoms with Gasteiger partial charge in [0.2, 0.25) is 5.88 Å². The summed E-state index contributed by atoms with van der Waals surface area (Å²) in [4.78, 5) is 4.69.